The highest BCUT2D eigenvalue weighted by molar-refractivity contribution is 7.98. The molecule has 0 spiro atoms. The van der Waals surface area contributed by atoms with E-state index in [-0.39, 0.29) is 11.9 Å². The van der Waals surface area contributed by atoms with Crippen LogP contribution in [0.2, 0.25) is 0 Å². The summed E-state index contributed by atoms with van der Waals surface area (Å²) in [5.41, 5.74) is 4.75. The molecule has 7 heteroatoms. The molecule has 1 aliphatic rings. The molecule has 0 aliphatic heterocycles. The number of pyridine rings is 1. The van der Waals surface area contributed by atoms with Crippen LogP contribution in [0.3, 0.4) is 0 Å². The van der Waals surface area contributed by atoms with Crippen LogP contribution in [0.15, 0.2) is 29.6 Å². The average Bonchev–Trinajstić information content (AvgIpc) is 3.42. The highest BCUT2D eigenvalue weighted by atomic mass is 32.2. The number of thioether (sulfide) groups is 1. The quantitative estimate of drug-likeness (QED) is 0.391. The summed E-state index contributed by atoms with van der Waals surface area (Å²) in [6.45, 7) is 4.01. The minimum Gasteiger partial charge on any atom is -0.496 e. The second-order valence-corrected chi connectivity index (χ2v) is 7.72. The number of carbonyl (C=O) groups excluding carboxylic acids is 1. The Morgan fingerprint density at radius 3 is 2.89 bits per heavy atom. The summed E-state index contributed by atoms with van der Waals surface area (Å²) >= 11 is 1.58. The number of hydrogen-bond acceptors (Lipinski definition) is 6. The van der Waals surface area contributed by atoms with E-state index in [1.807, 2.05) is 32.2 Å². The lowest BCUT2D eigenvalue weighted by Crippen LogP contribution is -2.09. The van der Waals surface area contributed by atoms with Crippen molar-refractivity contribution in [1.29, 1.82) is 0 Å². The Hall–Kier alpha value is -2.54. The number of fused-ring (bicyclic) bond motifs is 1. The maximum atomic E-state index is 11.8. The monoisotopic (exact) mass is 383 g/mol. The molecule has 0 atom stereocenters. The molecular formula is C20H21N3O3S. The highest BCUT2D eigenvalue weighted by Gasteiger charge is 2.31. The first kappa shape index (κ1) is 17.9. The summed E-state index contributed by atoms with van der Waals surface area (Å²) in [5.74, 6) is 2.06. The van der Waals surface area contributed by atoms with Crippen LogP contribution >= 0.6 is 11.8 Å². The zero-order valence-corrected chi connectivity index (χ0v) is 16.4. The standard InChI is InChI=1S/C20H21N3O3S/c1-11-9-21-17(12(2)18(11)25-3)10-27-20-22-15-7-6-14(8-16(15)23-20)26-19(24)13-4-5-13/h6-9,13H,4-5,10H2,1-3H3,(H,22,23). The number of hydrogen-bond donors (Lipinski definition) is 1. The third kappa shape index (κ3) is 3.78. The first-order valence-corrected chi connectivity index (χ1v) is 9.87. The molecule has 0 bridgehead atoms. The molecule has 1 saturated carbocycles. The molecule has 0 radical (unpaired) electrons. The van der Waals surface area contributed by atoms with Gasteiger partial charge in [-0.1, -0.05) is 11.8 Å². The van der Waals surface area contributed by atoms with Gasteiger partial charge in [0.2, 0.25) is 0 Å². The largest absolute Gasteiger partial charge is 0.496 e. The van der Waals surface area contributed by atoms with Gasteiger partial charge in [0.25, 0.3) is 0 Å². The molecule has 2 aromatic heterocycles. The van der Waals surface area contributed by atoms with Crippen LogP contribution in [0.4, 0.5) is 0 Å². The zero-order chi connectivity index (χ0) is 19.0. The van der Waals surface area contributed by atoms with Crippen molar-refractivity contribution in [2.75, 3.05) is 7.11 Å². The Kier molecular flexibility index (Phi) is 4.78. The molecule has 2 heterocycles. The van der Waals surface area contributed by atoms with Crippen LogP contribution in [0.5, 0.6) is 11.5 Å². The van der Waals surface area contributed by atoms with Crippen LogP contribution in [0.1, 0.15) is 29.7 Å². The summed E-state index contributed by atoms with van der Waals surface area (Å²) in [6, 6.07) is 5.48. The number of aryl methyl sites for hydroxylation is 1. The normalized spacial score (nSPS) is 13.7. The lowest BCUT2D eigenvalue weighted by molar-refractivity contribution is -0.135. The number of imidazole rings is 1. The van der Waals surface area contributed by atoms with E-state index in [0.29, 0.717) is 11.5 Å². The molecule has 0 amide bonds. The number of esters is 1. The summed E-state index contributed by atoms with van der Waals surface area (Å²) in [6.07, 6.45) is 3.70. The minimum absolute atomic E-state index is 0.0795. The Morgan fingerprint density at radius 1 is 1.33 bits per heavy atom. The Balaban J connectivity index is 1.48. The van der Waals surface area contributed by atoms with Gasteiger partial charge < -0.3 is 14.5 Å². The smallest absolute Gasteiger partial charge is 0.314 e. The van der Waals surface area contributed by atoms with E-state index >= 15 is 0 Å². The SMILES string of the molecule is COc1c(C)cnc(CSc2nc3ccc(OC(=O)C4CC4)cc3[nH]2)c1C. The fraction of sp³-hybridized carbons (Fsp3) is 0.350. The summed E-state index contributed by atoms with van der Waals surface area (Å²) in [4.78, 5) is 24.2. The molecule has 1 aromatic carbocycles. The summed E-state index contributed by atoms with van der Waals surface area (Å²) in [7, 11) is 1.68. The van der Waals surface area contributed by atoms with Crippen molar-refractivity contribution in [3.05, 3.63) is 41.2 Å². The van der Waals surface area contributed by atoms with Crippen LogP contribution in [-0.2, 0) is 10.5 Å². The van der Waals surface area contributed by atoms with Gasteiger partial charge in [-0.15, -0.1) is 0 Å². The van der Waals surface area contributed by atoms with E-state index in [9.17, 15) is 4.79 Å². The van der Waals surface area contributed by atoms with Gasteiger partial charge in [0.05, 0.1) is 29.8 Å². The second kappa shape index (κ2) is 7.23. The van der Waals surface area contributed by atoms with Crippen molar-refractivity contribution in [3.63, 3.8) is 0 Å². The molecule has 4 rings (SSSR count). The first-order valence-electron chi connectivity index (χ1n) is 8.88. The molecule has 3 aromatic rings. The van der Waals surface area contributed by atoms with Gasteiger partial charge in [0.1, 0.15) is 11.5 Å². The number of aromatic nitrogens is 3. The van der Waals surface area contributed by atoms with Gasteiger partial charge in [0, 0.05) is 29.1 Å². The first-order chi connectivity index (χ1) is 13.0. The van der Waals surface area contributed by atoms with Gasteiger partial charge in [-0.2, -0.15) is 0 Å². The van der Waals surface area contributed by atoms with Gasteiger partial charge in [-0.25, -0.2) is 4.98 Å². The van der Waals surface area contributed by atoms with E-state index in [0.717, 1.165) is 51.6 Å². The lowest BCUT2D eigenvalue weighted by atomic mass is 10.1. The number of ether oxygens (including phenoxy) is 2. The molecule has 27 heavy (non-hydrogen) atoms. The van der Waals surface area contributed by atoms with Crippen molar-refractivity contribution in [2.45, 2.75) is 37.6 Å². The minimum atomic E-state index is -0.140. The fourth-order valence-electron chi connectivity index (χ4n) is 2.97. The number of carbonyl (C=O) groups is 1. The van der Waals surface area contributed by atoms with Gasteiger partial charge in [0.15, 0.2) is 5.16 Å². The summed E-state index contributed by atoms with van der Waals surface area (Å²) in [5, 5.41) is 0.802. The van der Waals surface area contributed by atoms with Crippen molar-refractivity contribution in [1.82, 2.24) is 15.0 Å². The maximum Gasteiger partial charge on any atom is 0.314 e. The molecule has 1 fully saturated rings. The Bertz CT molecular complexity index is 1010. The topological polar surface area (TPSA) is 77.1 Å². The highest BCUT2D eigenvalue weighted by Crippen LogP contribution is 2.32. The van der Waals surface area contributed by atoms with Crippen LogP contribution in [-0.4, -0.2) is 28.0 Å². The predicted octanol–water partition coefficient (Wildman–Crippen LogP) is 4.19. The number of benzene rings is 1. The number of H-pyrrole nitrogens is 1. The maximum absolute atomic E-state index is 11.8. The molecule has 140 valence electrons. The van der Waals surface area contributed by atoms with Crippen molar-refractivity contribution in [2.24, 2.45) is 5.92 Å². The van der Waals surface area contributed by atoms with E-state index in [2.05, 4.69) is 15.0 Å². The molecule has 1 aliphatic carbocycles. The summed E-state index contributed by atoms with van der Waals surface area (Å²) < 4.78 is 10.9. The zero-order valence-electron chi connectivity index (χ0n) is 15.5. The number of methoxy groups -OCH3 is 1. The van der Waals surface area contributed by atoms with E-state index in [1.54, 1.807) is 24.9 Å². The molecule has 0 unspecified atom stereocenters. The van der Waals surface area contributed by atoms with Gasteiger partial charge >= 0.3 is 5.97 Å². The van der Waals surface area contributed by atoms with Crippen LogP contribution in [0.25, 0.3) is 11.0 Å². The third-order valence-corrected chi connectivity index (χ3v) is 5.54. The van der Waals surface area contributed by atoms with E-state index < -0.39 is 0 Å². The van der Waals surface area contributed by atoms with Gasteiger partial charge in [-0.05, 0) is 38.8 Å². The number of nitrogens with one attached hydrogen (secondary N) is 1. The molecule has 6 nitrogen and oxygen atoms in total. The number of nitrogens with zero attached hydrogens (tertiary/aromatic N) is 2. The van der Waals surface area contributed by atoms with Crippen molar-refractivity contribution >= 4 is 28.8 Å². The predicted molar refractivity (Wildman–Crippen MR) is 104 cm³/mol. The van der Waals surface area contributed by atoms with Crippen LogP contribution < -0.4 is 9.47 Å². The average molecular weight is 383 g/mol. The Labute approximate surface area is 161 Å². The van der Waals surface area contributed by atoms with E-state index in [1.165, 1.54) is 0 Å². The molecular weight excluding hydrogens is 362 g/mol. The van der Waals surface area contributed by atoms with Crippen LogP contribution in [0, 0.1) is 19.8 Å². The van der Waals surface area contributed by atoms with Crippen molar-refractivity contribution < 1.29 is 14.3 Å². The fourth-order valence-corrected chi connectivity index (χ4v) is 3.88. The molecule has 0 saturated heterocycles. The second-order valence-electron chi connectivity index (χ2n) is 6.75. The van der Waals surface area contributed by atoms with Crippen molar-refractivity contribution in [3.8, 4) is 11.5 Å². The number of rotatable bonds is 6. The van der Waals surface area contributed by atoms with E-state index in [4.69, 9.17) is 9.47 Å². The third-order valence-electron chi connectivity index (χ3n) is 4.66. The van der Waals surface area contributed by atoms with Gasteiger partial charge in [-0.3, -0.25) is 9.78 Å². The lowest BCUT2D eigenvalue weighted by Gasteiger charge is -2.11. The number of aromatic amines is 1. The Morgan fingerprint density at radius 2 is 2.15 bits per heavy atom. The molecule has 1 N–H and O–H groups in total.